The first-order valence-electron chi connectivity index (χ1n) is 7.84. The highest BCUT2D eigenvalue weighted by atomic mass is 16.4. The van der Waals surface area contributed by atoms with Crippen LogP contribution in [0.3, 0.4) is 0 Å². The molecule has 2 amide bonds. The predicted octanol–water partition coefficient (Wildman–Crippen LogP) is -1.05. The van der Waals surface area contributed by atoms with Crippen molar-refractivity contribution in [2.24, 2.45) is 23.7 Å². The van der Waals surface area contributed by atoms with Crippen LogP contribution in [0.5, 0.6) is 0 Å². The van der Waals surface area contributed by atoms with Gasteiger partial charge in [-0.15, -0.1) is 0 Å². The number of rotatable bonds is 3. The fourth-order valence-electron chi connectivity index (χ4n) is 4.64. The number of imide groups is 1. The lowest BCUT2D eigenvalue weighted by atomic mass is 9.81. The predicted molar refractivity (Wildman–Crippen MR) is 75.4 cm³/mol. The van der Waals surface area contributed by atoms with Crippen LogP contribution in [0.4, 0.5) is 5.69 Å². The molecule has 0 spiro atoms. The maximum absolute atomic E-state index is 12.7. The Morgan fingerprint density at radius 1 is 0.875 bits per heavy atom. The van der Waals surface area contributed by atoms with Gasteiger partial charge in [-0.2, -0.15) is 0 Å². The molecule has 3 aliphatic rings. The zero-order valence-electron chi connectivity index (χ0n) is 12.6. The van der Waals surface area contributed by atoms with E-state index in [1.165, 1.54) is 0 Å². The van der Waals surface area contributed by atoms with Crippen molar-refractivity contribution in [1.82, 2.24) is 0 Å². The highest BCUT2D eigenvalue weighted by Gasteiger charge is 2.61. The average molecular weight is 327 g/mol. The summed E-state index contributed by atoms with van der Waals surface area (Å²) in [6.45, 7) is 0. The van der Waals surface area contributed by atoms with Crippen molar-refractivity contribution in [3.8, 4) is 0 Å². The third-order valence-electron chi connectivity index (χ3n) is 5.57. The quantitative estimate of drug-likeness (QED) is 0.654. The molecule has 1 aliphatic heterocycles. The summed E-state index contributed by atoms with van der Waals surface area (Å²) in [7, 11) is 0. The van der Waals surface area contributed by atoms with Gasteiger partial charge in [0.15, 0.2) is 0 Å². The molecular formula is C17H13NO6-2. The highest BCUT2D eigenvalue weighted by Crippen LogP contribution is 2.56. The van der Waals surface area contributed by atoms with E-state index in [9.17, 15) is 29.4 Å². The second-order valence-electron chi connectivity index (χ2n) is 6.74. The van der Waals surface area contributed by atoms with Crippen LogP contribution in [0, 0.1) is 23.7 Å². The number of hydrogen-bond donors (Lipinski definition) is 0. The Bertz CT molecular complexity index is 740. The van der Waals surface area contributed by atoms with E-state index in [0.717, 1.165) is 42.4 Å². The summed E-state index contributed by atoms with van der Waals surface area (Å²) in [6, 6.07) is 3.09. The zero-order valence-corrected chi connectivity index (χ0v) is 12.6. The van der Waals surface area contributed by atoms with Gasteiger partial charge in [0.1, 0.15) is 0 Å². The Balaban J connectivity index is 1.79. The lowest BCUT2D eigenvalue weighted by Crippen LogP contribution is -2.34. The molecule has 7 heteroatoms. The number of carbonyl (C=O) groups is 4. The molecule has 4 rings (SSSR count). The first kappa shape index (κ1) is 14.9. The number of nitrogens with zero attached hydrogens (tertiary/aromatic N) is 1. The fraction of sp³-hybridized carbons (Fsp3) is 0.412. The van der Waals surface area contributed by atoms with Crippen molar-refractivity contribution in [2.45, 2.75) is 19.3 Å². The third-order valence-corrected chi connectivity index (χ3v) is 5.57. The molecular weight excluding hydrogens is 314 g/mol. The summed E-state index contributed by atoms with van der Waals surface area (Å²) in [5.41, 5.74) is -0.862. The fourth-order valence-corrected chi connectivity index (χ4v) is 4.64. The second kappa shape index (κ2) is 4.90. The van der Waals surface area contributed by atoms with Gasteiger partial charge in [-0.3, -0.25) is 9.59 Å². The van der Waals surface area contributed by atoms with E-state index in [1.54, 1.807) is 0 Å². The van der Waals surface area contributed by atoms with Gasteiger partial charge in [0.05, 0.1) is 29.5 Å². The molecule has 1 heterocycles. The van der Waals surface area contributed by atoms with Crippen molar-refractivity contribution >= 4 is 29.4 Å². The molecule has 1 aromatic carbocycles. The molecule has 4 atom stereocenters. The zero-order chi connectivity index (χ0) is 17.2. The van der Waals surface area contributed by atoms with E-state index >= 15 is 0 Å². The minimum absolute atomic E-state index is 0.0419. The Labute approximate surface area is 136 Å². The summed E-state index contributed by atoms with van der Waals surface area (Å²) < 4.78 is 0. The minimum Gasteiger partial charge on any atom is -0.545 e. The molecule has 2 saturated carbocycles. The van der Waals surface area contributed by atoms with E-state index in [-0.39, 0.29) is 41.2 Å². The Kier molecular flexibility index (Phi) is 3.03. The van der Waals surface area contributed by atoms with Gasteiger partial charge in [0.2, 0.25) is 11.8 Å². The number of hydrogen-bond acceptors (Lipinski definition) is 6. The highest BCUT2D eigenvalue weighted by molar-refractivity contribution is 6.23. The van der Waals surface area contributed by atoms with Crippen LogP contribution in [-0.2, 0) is 9.59 Å². The minimum atomic E-state index is -1.58. The molecule has 2 bridgehead atoms. The van der Waals surface area contributed by atoms with Gasteiger partial charge in [-0.1, -0.05) is 0 Å². The van der Waals surface area contributed by atoms with Crippen LogP contribution in [0.15, 0.2) is 18.2 Å². The lowest BCUT2D eigenvalue weighted by Gasteiger charge is -2.20. The molecule has 1 aromatic rings. The van der Waals surface area contributed by atoms with Crippen LogP contribution >= 0.6 is 0 Å². The van der Waals surface area contributed by atoms with Crippen LogP contribution < -0.4 is 15.1 Å². The van der Waals surface area contributed by atoms with Gasteiger partial charge in [0.25, 0.3) is 0 Å². The van der Waals surface area contributed by atoms with Crippen LogP contribution in [-0.4, -0.2) is 23.8 Å². The van der Waals surface area contributed by atoms with Gasteiger partial charge in [-0.25, -0.2) is 4.90 Å². The molecule has 2 aliphatic carbocycles. The summed E-state index contributed by atoms with van der Waals surface area (Å²) in [4.78, 5) is 48.6. The molecule has 1 saturated heterocycles. The van der Waals surface area contributed by atoms with E-state index in [2.05, 4.69) is 0 Å². The normalized spacial score (nSPS) is 30.8. The smallest absolute Gasteiger partial charge is 0.237 e. The SMILES string of the molecule is O=C([O-])c1cc(C(=O)[O-])cc(N2C(=O)C3C4CCC(C4)C3C2=O)c1. The largest absolute Gasteiger partial charge is 0.545 e. The summed E-state index contributed by atoms with van der Waals surface area (Å²) >= 11 is 0. The Hall–Kier alpha value is -2.70. The first-order chi connectivity index (χ1) is 11.4. The number of carboxylic acids is 2. The van der Waals surface area contributed by atoms with E-state index in [4.69, 9.17) is 0 Å². The molecule has 124 valence electrons. The molecule has 4 unspecified atom stereocenters. The maximum atomic E-state index is 12.7. The average Bonchev–Trinajstić information content (AvgIpc) is 3.21. The van der Waals surface area contributed by atoms with Gasteiger partial charge in [0, 0.05) is 0 Å². The second-order valence-corrected chi connectivity index (χ2v) is 6.74. The molecule has 3 fully saturated rings. The monoisotopic (exact) mass is 327 g/mol. The van der Waals surface area contributed by atoms with Crippen molar-refractivity contribution in [1.29, 1.82) is 0 Å². The van der Waals surface area contributed by atoms with E-state index in [1.807, 2.05) is 0 Å². The van der Waals surface area contributed by atoms with Crippen molar-refractivity contribution < 1.29 is 29.4 Å². The molecule has 24 heavy (non-hydrogen) atoms. The van der Waals surface area contributed by atoms with Crippen molar-refractivity contribution in [3.63, 3.8) is 0 Å². The van der Waals surface area contributed by atoms with Crippen molar-refractivity contribution in [2.75, 3.05) is 4.90 Å². The van der Waals surface area contributed by atoms with Gasteiger partial charge in [-0.05, 0) is 60.4 Å². The number of carbonyl (C=O) groups excluding carboxylic acids is 4. The Morgan fingerprint density at radius 3 is 1.75 bits per heavy atom. The van der Waals surface area contributed by atoms with Gasteiger partial charge >= 0.3 is 0 Å². The van der Waals surface area contributed by atoms with Crippen molar-refractivity contribution in [3.05, 3.63) is 29.3 Å². The number of aromatic carboxylic acids is 2. The Morgan fingerprint density at radius 2 is 1.33 bits per heavy atom. The van der Waals surface area contributed by atoms with Crippen LogP contribution in [0.25, 0.3) is 0 Å². The van der Waals surface area contributed by atoms with E-state index < -0.39 is 23.1 Å². The van der Waals surface area contributed by atoms with Gasteiger partial charge < -0.3 is 19.8 Å². The lowest BCUT2D eigenvalue weighted by molar-refractivity contribution is -0.255. The summed E-state index contributed by atoms with van der Waals surface area (Å²) in [5.74, 6) is -4.26. The number of anilines is 1. The number of fused-ring (bicyclic) bond motifs is 5. The molecule has 0 aromatic heterocycles. The first-order valence-corrected chi connectivity index (χ1v) is 7.84. The van der Waals surface area contributed by atoms with Crippen LogP contribution in [0.2, 0.25) is 0 Å². The maximum Gasteiger partial charge on any atom is 0.237 e. The molecule has 7 nitrogen and oxygen atoms in total. The third kappa shape index (κ3) is 1.90. The topological polar surface area (TPSA) is 118 Å². The molecule has 0 N–H and O–H groups in total. The standard InChI is InChI=1S/C17H15NO6/c19-14-12-7-1-2-8(3-7)13(12)15(20)18(14)11-5-9(16(21)22)4-10(6-11)17(23)24/h4-8,12-13H,1-3H2,(H,21,22)(H,23,24)/p-2. The van der Waals surface area contributed by atoms with Crippen LogP contribution in [0.1, 0.15) is 40.0 Å². The number of carboxylic acid groups (broad SMARTS) is 2. The summed E-state index contributed by atoms with van der Waals surface area (Å²) in [6.07, 6.45) is 2.72. The summed E-state index contributed by atoms with van der Waals surface area (Å²) in [5, 5.41) is 22.2. The molecule has 0 radical (unpaired) electrons. The number of benzene rings is 1. The van der Waals surface area contributed by atoms with E-state index in [0.29, 0.717) is 0 Å². The number of amides is 2.